The molecule has 17 heavy (non-hydrogen) atoms. The van der Waals surface area contributed by atoms with Crippen molar-refractivity contribution in [3.8, 4) is 0 Å². The molecular weight excluding hydrogens is 371 g/mol. The summed E-state index contributed by atoms with van der Waals surface area (Å²) in [5.41, 5.74) is 0.847. The van der Waals surface area contributed by atoms with Crippen molar-refractivity contribution in [1.29, 1.82) is 0 Å². The Morgan fingerprint density at radius 2 is 2.29 bits per heavy atom. The standard InChI is InChI=1S/C11H10ClIN2OS/c1-16-6-8-10(13)11(12)15-9(14-8)5-7-3-2-4-17-7/h2-4H,5-6H2,1H3. The molecule has 0 fully saturated rings. The molecule has 0 radical (unpaired) electrons. The number of halogens is 2. The molecular formula is C11H10ClIN2OS. The Bertz CT molecular complexity index is 504. The topological polar surface area (TPSA) is 35.0 Å². The van der Waals surface area contributed by atoms with Crippen LogP contribution in [-0.2, 0) is 17.8 Å². The summed E-state index contributed by atoms with van der Waals surface area (Å²) < 4.78 is 5.96. The second kappa shape index (κ2) is 6.08. The molecule has 0 saturated heterocycles. The Kier molecular flexibility index (Phi) is 4.72. The second-order valence-electron chi connectivity index (χ2n) is 3.38. The monoisotopic (exact) mass is 380 g/mol. The van der Waals surface area contributed by atoms with Gasteiger partial charge in [-0.3, -0.25) is 0 Å². The van der Waals surface area contributed by atoms with E-state index in [9.17, 15) is 0 Å². The predicted molar refractivity (Wildman–Crippen MR) is 77.6 cm³/mol. The van der Waals surface area contributed by atoms with Gasteiger partial charge in [0.15, 0.2) is 0 Å². The van der Waals surface area contributed by atoms with Gasteiger partial charge in [-0.25, -0.2) is 9.97 Å². The number of methoxy groups -OCH3 is 1. The first-order valence-corrected chi connectivity index (χ1v) is 7.26. The first-order chi connectivity index (χ1) is 8.20. The molecule has 2 rings (SSSR count). The van der Waals surface area contributed by atoms with Gasteiger partial charge in [0, 0.05) is 18.4 Å². The van der Waals surface area contributed by atoms with Crippen LogP contribution in [0.15, 0.2) is 17.5 Å². The molecule has 0 aliphatic heterocycles. The van der Waals surface area contributed by atoms with Crippen LogP contribution in [0.5, 0.6) is 0 Å². The van der Waals surface area contributed by atoms with Gasteiger partial charge in [-0.05, 0) is 34.0 Å². The lowest BCUT2D eigenvalue weighted by molar-refractivity contribution is 0.180. The number of thiophene rings is 1. The Balaban J connectivity index is 2.28. The van der Waals surface area contributed by atoms with Crippen molar-refractivity contribution in [3.05, 3.63) is 42.6 Å². The molecule has 0 amide bonds. The number of ether oxygens (including phenoxy) is 1. The van der Waals surface area contributed by atoms with Gasteiger partial charge in [-0.1, -0.05) is 17.7 Å². The maximum absolute atomic E-state index is 6.08. The predicted octanol–water partition coefficient (Wildman–Crippen LogP) is 3.53. The van der Waals surface area contributed by atoms with E-state index in [0.29, 0.717) is 18.2 Å². The van der Waals surface area contributed by atoms with Crippen LogP contribution in [0.25, 0.3) is 0 Å². The molecule has 2 heterocycles. The smallest absolute Gasteiger partial charge is 0.146 e. The average molecular weight is 381 g/mol. The van der Waals surface area contributed by atoms with Crippen LogP contribution in [-0.4, -0.2) is 17.1 Å². The Labute approximate surface area is 122 Å². The molecule has 0 bridgehead atoms. The minimum absolute atomic E-state index is 0.456. The van der Waals surface area contributed by atoms with Crippen LogP contribution >= 0.6 is 45.5 Å². The van der Waals surface area contributed by atoms with Crippen molar-refractivity contribution < 1.29 is 4.74 Å². The molecule has 2 aromatic rings. The highest BCUT2D eigenvalue weighted by Gasteiger charge is 2.11. The maximum Gasteiger partial charge on any atom is 0.146 e. The third-order valence-corrected chi connectivity index (χ3v) is 4.72. The summed E-state index contributed by atoms with van der Waals surface area (Å²) >= 11 is 9.92. The van der Waals surface area contributed by atoms with Gasteiger partial charge in [-0.2, -0.15) is 0 Å². The SMILES string of the molecule is COCc1nc(Cc2cccs2)nc(Cl)c1I. The van der Waals surface area contributed by atoms with Crippen molar-refractivity contribution in [2.75, 3.05) is 7.11 Å². The zero-order valence-corrected chi connectivity index (χ0v) is 12.8. The maximum atomic E-state index is 6.08. The third-order valence-electron chi connectivity index (χ3n) is 2.12. The fourth-order valence-electron chi connectivity index (χ4n) is 1.39. The average Bonchev–Trinajstić information content (AvgIpc) is 2.78. The summed E-state index contributed by atoms with van der Waals surface area (Å²) in [4.78, 5) is 9.99. The minimum Gasteiger partial charge on any atom is -0.378 e. The summed E-state index contributed by atoms with van der Waals surface area (Å²) in [5, 5.41) is 2.54. The van der Waals surface area contributed by atoms with Crippen LogP contribution in [0, 0.1) is 3.57 Å². The van der Waals surface area contributed by atoms with E-state index >= 15 is 0 Å². The van der Waals surface area contributed by atoms with Crippen LogP contribution in [0.2, 0.25) is 5.15 Å². The summed E-state index contributed by atoms with van der Waals surface area (Å²) in [7, 11) is 1.64. The first kappa shape index (κ1) is 13.2. The van der Waals surface area contributed by atoms with Gasteiger partial charge < -0.3 is 4.74 Å². The van der Waals surface area contributed by atoms with Crippen LogP contribution in [0.4, 0.5) is 0 Å². The van der Waals surface area contributed by atoms with Crippen molar-refractivity contribution in [3.63, 3.8) is 0 Å². The number of aromatic nitrogens is 2. The van der Waals surface area contributed by atoms with E-state index in [-0.39, 0.29) is 0 Å². The third kappa shape index (κ3) is 3.37. The number of nitrogens with zero attached hydrogens (tertiary/aromatic N) is 2. The Morgan fingerprint density at radius 3 is 2.94 bits per heavy atom. The molecule has 0 aliphatic rings. The van der Waals surface area contributed by atoms with E-state index in [4.69, 9.17) is 16.3 Å². The zero-order valence-electron chi connectivity index (χ0n) is 9.11. The summed E-state index contributed by atoms with van der Waals surface area (Å²) in [6, 6.07) is 4.08. The van der Waals surface area contributed by atoms with E-state index in [0.717, 1.165) is 15.1 Å². The number of rotatable bonds is 4. The quantitative estimate of drug-likeness (QED) is 0.601. The Hall–Kier alpha value is -0.240. The van der Waals surface area contributed by atoms with Gasteiger partial charge >= 0.3 is 0 Å². The van der Waals surface area contributed by atoms with Crippen LogP contribution in [0.1, 0.15) is 16.4 Å². The Morgan fingerprint density at radius 1 is 1.47 bits per heavy atom. The molecule has 0 atom stereocenters. The lowest BCUT2D eigenvalue weighted by Gasteiger charge is -2.06. The van der Waals surface area contributed by atoms with E-state index < -0.39 is 0 Å². The summed E-state index contributed by atoms with van der Waals surface area (Å²) in [6.45, 7) is 0.456. The molecule has 6 heteroatoms. The fraction of sp³-hybridized carbons (Fsp3) is 0.273. The molecule has 0 aliphatic carbocycles. The van der Waals surface area contributed by atoms with E-state index in [1.807, 2.05) is 11.4 Å². The van der Waals surface area contributed by atoms with Gasteiger partial charge in [-0.15, -0.1) is 11.3 Å². The first-order valence-electron chi connectivity index (χ1n) is 4.93. The molecule has 3 nitrogen and oxygen atoms in total. The van der Waals surface area contributed by atoms with Gasteiger partial charge in [0.1, 0.15) is 11.0 Å². The molecule has 0 spiro atoms. The van der Waals surface area contributed by atoms with Gasteiger partial charge in [0.05, 0.1) is 15.9 Å². The van der Waals surface area contributed by atoms with Gasteiger partial charge in [0.2, 0.25) is 0 Å². The van der Waals surface area contributed by atoms with Crippen LogP contribution in [0.3, 0.4) is 0 Å². The molecule has 90 valence electrons. The van der Waals surface area contributed by atoms with E-state index in [2.05, 4.69) is 38.6 Å². The van der Waals surface area contributed by atoms with Gasteiger partial charge in [0.25, 0.3) is 0 Å². The largest absolute Gasteiger partial charge is 0.378 e. The van der Waals surface area contributed by atoms with E-state index in [1.54, 1.807) is 18.4 Å². The number of hydrogen-bond acceptors (Lipinski definition) is 4. The molecule has 0 saturated carbocycles. The number of hydrogen-bond donors (Lipinski definition) is 0. The van der Waals surface area contributed by atoms with Crippen molar-refractivity contribution in [2.45, 2.75) is 13.0 Å². The summed E-state index contributed by atoms with van der Waals surface area (Å²) in [6.07, 6.45) is 0.713. The lowest BCUT2D eigenvalue weighted by atomic mass is 10.3. The zero-order chi connectivity index (χ0) is 12.3. The van der Waals surface area contributed by atoms with Crippen LogP contribution < -0.4 is 0 Å². The van der Waals surface area contributed by atoms with Crippen molar-refractivity contribution >= 4 is 45.5 Å². The highest BCUT2D eigenvalue weighted by molar-refractivity contribution is 14.1. The highest BCUT2D eigenvalue weighted by Crippen LogP contribution is 2.21. The molecule has 0 N–H and O–H groups in total. The van der Waals surface area contributed by atoms with E-state index in [1.165, 1.54) is 4.88 Å². The second-order valence-corrected chi connectivity index (χ2v) is 5.85. The van der Waals surface area contributed by atoms with Crippen molar-refractivity contribution in [2.24, 2.45) is 0 Å². The molecule has 0 unspecified atom stereocenters. The fourth-order valence-corrected chi connectivity index (χ4v) is 2.70. The molecule has 2 aromatic heterocycles. The lowest BCUT2D eigenvalue weighted by Crippen LogP contribution is -2.04. The minimum atomic E-state index is 0.456. The normalized spacial score (nSPS) is 10.8. The summed E-state index contributed by atoms with van der Waals surface area (Å²) in [5.74, 6) is 0.741. The highest BCUT2D eigenvalue weighted by atomic mass is 127. The molecule has 0 aromatic carbocycles. The van der Waals surface area contributed by atoms with Crippen molar-refractivity contribution in [1.82, 2.24) is 9.97 Å².